The van der Waals surface area contributed by atoms with Gasteiger partial charge in [0.05, 0.1) is 17.4 Å². The van der Waals surface area contributed by atoms with Crippen LogP contribution in [0.5, 0.6) is 0 Å². The number of rotatable bonds is 5. The van der Waals surface area contributed by atoms with E-state index in [1.165, 1.54) is 9.75 Å². The molecule has 0 saturated heterocycles. The average molecular weight is 292 g/mol. The van der Waals surface area contributed by atoms with Gasteiger partial charge in [-0.25, -0.2) is 4.68 Å². The SMILES string of the molecule is Cc1ccc(CC(C)NCc2cn(C(C)(C)C)nn2)s1. The first-order valence-electron chi connectivity index (χ1n) is 7.05. The van der Waals surface area contributed by atoms with Gasteiger partial charge in [-0.15, -0.1) is 16.4 Å². The molecular weight excluding hydrogens is 268 g/mol. The van der Waals surface area contributed by atoms with Gasteiger partial charge < -0.3 is 5.32 Å². The van der Waals surface area contributed by atoms with Crippen molar-refractivity contribution in [2.24, 2.45) is 0 Å². The lowest BCUT2D eigenvalue weighted by molar-refractivity contribution is 0.347. The summed E-state index contributed by atoms with van der Waals surface area (Å²) in [5.74, 6) is 0. The van der Waals surface area contributed by atoms with Crippen LogP contribution in [0, 0.1) is 6.92 Å². The highest BCUT2D eigenvalue weighted by Crippen LogP contribution is 2.17. The van der Waals surface area contributed by atoms with Gasteiger partial charge in [-0.2, -0.15) is 0 Å². The number of hydrogen-bond acceptors (Lipinski definition) is 4. The number of aryl methyl sites for hydroxylation is 1. The minimum absolute atomic E-state index is 0.00857. The van der Waals surface area contributed by atoms with E-state index in [2.05, 4.69) is 62.4 Å². The molecule has 0 fully saturated rings. The van der Waals surface area contributed by atoms with Crippen molar-refractivity contribution in [1.82, 2.24) is 20.3 Å². The maximum absolute atomic E-state index is 4.22. The van der Waals surface area contributed by atoms with Crippen molar-refractivity contribution in [3.8, 4) is 0 Å². The summed E-state index contributed by atoms with van der Waals surface area (Å²) in [4.78, 5) is 2.81. The molecule has 2 heterocycles. The first-order chi connectivity index (χ1) is 9.34. The Labute approximate surface area is 125 Å². The highest BCUT2D eigenvalue weighted by Gasteiger charge is 2.15. The van der Waals surface area contributed by atoms with E-state index in [1.54, 1.807) is 0 Å². The van der Waals surface area contributed by atoms with Crippen molar-refractivity contribution < 1.29 is 0 Å². The summed E-state index contributed by atoms with van der Waals surface area (Å²) in [6.07, 6.45) is 3.08. The van der Waals surface area contributed by atoms with Crippen LogP contribution in [0.15, 0.2) is 18.3 Å². The fourth-order valence-corrected chi connectivity index (χ4v) is 2.97. The highest BCUT2D eigenvalue weighted by atomic mass is 32.1. The summed E-state index contributed by atoms with van der Waals surface area (Å²) < 4.78 is 1.91. The van der Waals surface area contributed by atoms with Crippen molar-refractivity contribution >= 4 is 11.3 Å². The number of thiophene rings is 1. The highest BCUT2D eigenvalue weighted by molar-refractivity contribution is 7.11. The third-order valence-corrected chi connectivity index (χ3v) is 4.19. The van der Waals surface area contributed by atoms with Gasteiger partial charge in [0.25, 0.3) is 0 Å². The smallest absolute Gasteiger partial charge is 0.0965 e. The summed E-state index contributed by atoms with van der Waals surface area (Å²) >= 11 is 1.87. The lowest BCUT2D eigenvalue weighted by Gasteiger charge is -2.17. The van der Waals surface area contributed by atoms with Gasteiger partial charge >= 0.3 is 0 Å². The van der Waals surface area contributed by atoms with Gasteiger partial charge in [-0.1, -0.05) is 5.21 Å². The molecule has 2 aromatic rings. The number of hydrogen-bond donors (Lipinski definition) is 1. The summed E-state index contributed by atoms with van der Waals surface area (Å²) in [6.45, 7) is 11.5. The minimum Gasteiger partial charge on any atom is -0.308 e. The molecule has 0 aliphatic carbocycles. The van der Waals surface area contributed by atoms with Crippen molar-refractivity contribution in [3.63, 3.8) is 0 Å². The molecule has 2 aromatic heterocycles. The predicted molar refractivity (Wildman–Crippen MR) is 84.1 cm³/mol. The summed E-state index contributed by atoms with van der Waals surface area (Å²) in [6, 6.07) is 4.84. The van der Waals surface area contributed by atoms with E-state index in [0.29, 0.717) is 6.04 Å². The van der Waals surface area contributed by atoms with E-state index >= 15 is 0 Å². The van der Waals surface area contributed by atoms with E-state index in [1.807, 2.05) is 22.2 Å². The molecule has 0 saturated carbocycles. The Morgan fingerprint density at radius 3 is 2.65 bits per heavy atom. The van der Waals surface area contributed by atoms with Crippen molar-refractivity contribution in [1.29, 1.82) is 0 Å². The summed E-state index contributed by atoms with van der Waals surface area (Å²) in [7, 11) is 0. The van der Waals surface area contributed by atoms with Gasteiger partial charge in [-0.3, -0.25) is 0 Å². The molecule has 20 heavy (non-hydrogen) atoms. The van der Waals surface area contributed by atoms with Crippen molar-refractivity contribution in [3.05, 3.63) is 33.8 Å². The Hall–Kier alpha value is -1.20. The van der Waals surface area contributed by atoms with E-state index < -0.39 is 0 Å². The predicted octanol–water partition coefficient (Wildman–Crippen LogP) is 3.12. The molecule has 1 unspecified atom stereocenters. The zero-order valence-corrected chi connectivity index (χ0v) is 13.8. The molecule has 0 radical (unpaired) electrons. The lowest BCUT2D eigenvalue weighted by atomic mass is 10.1. The van der Waals surface area contributed by atoms with Gasteiger partial charge in [0.15, 0.2) is 0 Å². The molecule has 0 spiro atoms. The van der Waals surface area contributed by atoms with Crippen LogP contribution in [-0.4, -0.2) is 21.0 Å². The molecule has 0 aromatic carbocycles. The monoisotopic (exact) mass is 292 g/mol. The van der Waals surface area contributed by atoms with E-state index in [0.717, 1.165) is 18.7 Å². The van der Waals surface area contributed by atoms with E-state index in [-0.39, 0.29) is 5.54 Å². The molecule has 5 heteroatoms. The maximum Gasteiger partial charge on any atom is 0.0965 e. The second-order valence-corrected chi connectivity index (χ2v) is 7.70. The average Bonchev–Trinajstić information content (AvgIpc) is 2.95. The third kappa shape index (κ3) is 4.15. The van der Waals surface area contributed by atoms with Gasteiger partial charge in [0.1, 0.15) is 0 Å². The zero-order chi connectivity index (χ0) is 14.8. The van der Waals surface area contributed by atoms with Crippen LogP contribution in [0.1, 0.15) is 43.1 Å². The number of nitrogens with one attached hydrogen (secondary N) is 1. The largest absolute Gasteiger partial charge is 0.308 e. The van der Waals surface area contributed by atoms with Crippen LogP contribution in [0.3, 0.4) is 0 Å². The fraction of sp³-hybridized carbons (Fsp3) is 0.600. The van der Waals surface area contributed by atoms with E-state index in [4.69, 9.17) is 0 Å². The normalized spacial score (nSPS) is 13.7. The van der Waals surface area contributed by atoms with Crippen LogP contribution >= 0.6 is 11.3 Å². The first kappa shape index (κ1) is 15.2. The molecule has 0 bridgehead atoms. The Balaban J connectivity index is 1.84. The van der Waals surface area contributed by atoms with Crippen LogP contribution < -0.4 is 5.32 Å². The second-order valence-electron chi connectivity index (χ2n) is 6.32. The molecule has 0 aliphatic heterocycles. The van der Waals surface area contributed by atoms with Crippen molar-refractivity contribution in [2.45, 2.75) is 59.2 Å². The van der Waals surface area contributed by atoms with Crippen LogP contribution in [0.2, 0.25) is 0 Å². The zero-order valence-electron chi connectivity index (χ0n) is 13.0. The van der Waals surface area contributed by atoms with Crippen molar-refractivity contribution in [2.75, 3.05) is 0 Å². The second kappa shape index (κ2) is 6.06. The first-order valence-corrected chi connectivity index (χ1v) is 7.86. The molecular formula is C15H24N4S. The maximum atomic E-state index is 4.22. The lowest BCUT2D eigenvalue weighted by Crippen LogP contribution is -2.27. The number of nitrogens with zero attached hydrogens (tertiary/aromatic N) is 3. The van der Waals surface area contributed by atoms with Gasteiger partial charge in [0.2, 0.25) is 0 Å². The Morgan fingerprint density at radius 2 is 2.10 bits per heavy atom. The van der Waals surface area contributed by atoms with Crippen LogP contribution in [-0.2, 0) is 18.5 Å². The molecule has 1 N–H and O–H groups in total. The van der Waals surface area contributed by atoms with Crippen LogP contribution in [0.25, 0.3) is 0 Å². The molecule has 110 valence electrons. The standard InChI is InChI=1S/C15H24N4S/c1-11(8-14-7-6-12(2)20-14)16-9-13-10-19(18-17-13)15(3,4)5/h6-7,10-11,16H,8-9H2,1-5H3. The molecule has 0 amide bonds. The van der Waals surface area contributed by atoms with E-state index in [9.17, 15) is 0 Å². The summed E-state index contributed by atoms with van der Waals surface area (Å²) in [5.41, 5.74) is 0.986. The summed E-state index contributed by atoms with van der Waals surface area (Å²) in [5, 5.41) is 11.9. The fourth-order valence-electron chi connectivity index (χ4n) is 1.95. The quantitative estimate of drug-likeness (QED) is 0.920. The Morgan fingerprint density at radius 1 is 1.35 bits per heavy atom. The minimum atomic E-state index is -0.00857. The topological polar surface area (TPSA) is 42.7 Å². The molecule has 2 rings (SSSR count). The van der Waals surface area contributed by atoms with Crippen LogP contribution in [0.4, 0.5) is 0 Å². The molecule has 4 nitrogen and oxygen atoms in total. The molecule has 1 atom stereocenters. The van der Waals surface area contributed by atoms with Gasteiger partial charge in [0, 0.05) is 22.3 Å². The van der Waals surface area contributed by atoms with Gasteiger partial charge in [-0.05, 0) is 53.2 Å². The molecule has 0 aliphatic rings. The third-order valence-electron chi connectivity index (χ3n) is 3.16. The Bertz CT molecular complexity index is 550. The number of aromatic nitrogens is 3. The Kier molecular flexibility index (Phi) is 4.60.